The van der Waals surface area contributed by atoms with E-state index in [0.29, 0.717) is 34.8 Å². The number of nitrogens with zero attached hydrogens (tertiary/aromatic N) is 3. The zero-order valence-corrected chi connectivity index (χ0v) is 15.8. The minimum absolute atomic E-state index is 0.129. The number of carbonyl (C=O) groups is 1. The summed E-state index contributed by atoms with van der Waals surface area (Å²) in [5.74, 6) is -0.0868. The molecular weight excluding hydrogens is 405 g/mol. The van der Waals surface area contributed by atoms with Gasteiger partial charge in [0.15, 0.2) is 0 Å². The lowest BCUT2D eigenvalue weighted by molar-refractivity contribution is -0.138. The molecule has 0 spiro atoms. The zero-order chi connectivity index (χ0) is 20.6. The quantitative estimate of drug-likeness (QED) is 0.671. The molecular formula is C20H16ClF3N4O. The first-order valence-electron chi connectivity index (χ1n) is 8.95. The molecule has 150 valence electrons. The lowest BCUT2D eigenvalue weighted by atomic mass is 10.1. The number of hydrogen-bond donors (Lipinski definition) is 1. The molecule has 29 heavy (non-hydrogen) atoms. The van der Waals surface area contributed by atoms with E-state index in [9.17, 15) is 18.0 Å². The molecule has 1 fully saturated rings. The Labute approximate surface area is 169 Å². The van der Waals surface area contributed by atoms with Crippen molar-refractivity contribution in [2.45, 2.75) is 18.6 Å². The van der Waals surface area contributed by atoms with Crippen molar-refractivity contribution >= 4 is 34.4 Å². The number of amides is 1. The fourth-order valence-electron chi connectivity index (χ4n) is 3.41. The Hall–Kier alpha value is -2.87. The maximum atomic E-state index is 13.2. The van der Waals surface area contributed by atoms with Crippen LogP contribution in [0.5, 0.6) is 0 Å². The van der Waals surface area contributed by atoms with Crippen LogP contribution < -0.4 is 5.32 Å². The molecule has 4 rings (SSSR count). The van der Waals surface area contributed by atoms with Crippen molar-refractivity contribution in [3.05, 3.63) is 64.8 Å². The van der Waals surface area contributed by atoms with E-state index in [1.54, 1.807) is 24.4 Å². The van der Waals surface area contributed by atoms with Crippen LogP contribution in [0, 0.1) is 0 Å². The van der Waals surface area contributed by atoms with Crippen LogP contribution in [0.4, 0.5) is 19.0 Å². The van der Waals surface area contributed by atoms with Crippen molar-refractivity contribution in [2.24, 2.45) is 0 Å². The summed E-state index contributed by atoms with van der Waals surface area (Å²) < 4.78 is 39.6. The molecule has 3 aromatic rings. The molecule has 0 aliphatic carbocycles. The highest BCUT2D eigenvalue weighted by Gasteiger charge is 2.37. The second-order valence-electron chi connectivity index (χ2n) is 6.81. The van der Waals surface area contributed by atoms with Crippen LogP contribution >= 0.6 is 11.6 Å². The summed E-state index contributed by atoms with van der Waals surface area (Å²) in [6.07, 6.45) is -2.41. The highest BCUT2D eigenvalue weighted by molar-refractivity contribution is 6.31. The van der Waals surface area contributed by atoms with E-state index in [1.807, 2.05) is 0 Å². The number of carbonyl (C=O) groups excluding carboxylic acids is 1. The normalized spacial score (nSPS) is 17.0. The maximum absolute atomic E-state index is 13.2. The highest BCUT2D eigenvalue weighted by Crippen LogP contribution is 2.33. The number of hydrogen-bond acceptors (Lipinski definition) is 4. The summed E-state index contributed by atoms with van der Waals surface area (Å²) in [5, 5.41) is 3.77. The van der Waals surface area contributed by atoms with Gasteiger partial charge in [0, 0.05) is 24.2 Å². The standard InChI is InChI=1S/C20H16ClF3N4O/c21-12-5-6-16-17(9-12)25-10-18(27-16)26-13-7-8-28(11-13)19(29)14-3-1-2-4-15(14)20(22,23)24/h1-6,9-10,13H,7-8,11H2,(H,26,27)/t13-/m1/s1. The average Bonchev–Trinajstić information content (AvgIpc) is 3.15. The SMILES string of the molecule is O=C(c1ccccc1C(F)(F)F)N1CC[C@@H](Nc2cnc3cc(Cl)ccc3n2)C1. The van der Waals surface area contributed by atoms with Crippen molar-refractivity contribution in [2.75, 3.05) is 18.4 Å². The lowest BCUT2D eigenvalue weighted by Crippen LogP contribution is -2.33. The molecule has 1 atom stereocenters. The topological polar surface area (TPSA) is 58.1 Å². The number of halogens is 4. The number of aromatic nitrogens is 2. The molecule has 0 bridgehead atoms. The van der Waals surface area contributed by atoms with Gasteiger partial charge in [-0.05, 0) is 36.8 Å². The van der Waals surface area contributed by atoms with Crippen molar-refractivity contribution in [1.29, 1.82) is 0 Å². The van der Waals surface area contributed by atoms with Crippen LogP contribution in [-0.4, -0.2) is 39.9 Å². The Kier molecular flexibility index (Phi) is 5.04. The van der Waals surface area contributed by atoms with Crippen LogP contribution in [0.1, 0.15) is 22.3 Å². The van der Waals surface area contributed by atoms with Gasteiger partial charge < -0.3 is 10.2 Å². The summed E-state index contributed by atoms with van der Waals surface area (Å²) in [4.78, 5) is 22.9. The molecule has 2 aromatic carbocycles. The van der Waals surface area contributed by atoms with Crippen LogP contribution in [0.15, 0.2) is 48.7 Å². The Bertz CT molecular complexity index is 1070. The third-order valence-corrected chi connectivity index (χ3v) is 5.03. The van der Waals surface area contributed by atoms with Gasteiger partial charge in [-0.1, -0.05) is 23.7 Å². The molecule has 1 aliphatic heterocycles. The molecule has 1 saturated heterocycles. The molecule has 0 radical (unpaired) electrons. The van der Waals surface area contributed by atoms with Gasteiger partial charge in [-0.15, -0.1) is 0 Å². The molecule has 0 unspecified atom stereocenters. The zero-order valence-electron chi connectivity index (χ0n) is 15.1. The van der Waals surface area contributed by atoms with Crippen molar-refractivity contribution in [3.63, 3.8) is 0 Å². The van der Waals surface area contributed by atoms with Crippen molar-refractivity contribution in [1.82, 2.24) is 14.9 Å². The van der Waals surface area contributed by atoms with Crippen LogP contribution in [0.2, 0.25) is 5.02 Å². The fraction of sp³-hybridized carbons (Fsp3) is 0.250. The number of anilines is 1. The van der Waals surface area contributed by atoms with E-state index >= 15 is 0 Å². The first-order chi connectivity index (χ1) is 13.8. The maximum Gasteiger partial charge on any atom is 0.417 e. The number of fused-ring (bicyclic) bond motifs is 1. The monoisotopic (exact) mass is 420 g/mol. The second-order valence-corrected chi connectivity index (χ2v) is 7.25. The molecule has 2 heterocycles. The summed E-state index contributed by atoms with van der Waals surface area (Å²) in [7, 11) is 0. The minimum atomic E-state index is -4.58. The Balaban J connectivity index is 1.47. The van der Waals surface area contributed by atoms with Gasteiger partial charge in [0.1, 0.15) is 5.82 Å². The molecule has 1 aliphatic rings. The highest BCUT2D eigenvalue weighted by atomic mass is 35.5. The molecule has 1 amide bonds. The summed E-state index contributed by atoms with van der Waals surface area (Å²) in [6, 6.07) is 9.91. The largest absolute Gasteiger partial charge is 0.417 e. The Morgan fingerprint density at radius 3 is 2.76 bits per heavy atom. The van der Waals surface area contributed by atoms with Gasteiger partial charge in [-0.2, -0.15) is 13.2 Å². The van der Waals surface area contributed by atoms with Crippen LogP contribution in [0.25, 0.3) is 11.0 Å². The van der Waals surface area contributed by atoms with Gasteiger partial charge in [-0.3, -0.25) is 9.78 Å². The first-order valence-corrected chi connectivity index (χ1v) is 9.33. The van der Waals surface area contributed by atoms with Gasteiger partial charge in [-0.25, -0.2) is 4.98 Å². The third kappa shape index (κ3) is 4.12. The first kappa shape index (κ1) is 19.4. The van der Waals surface area contributed by atoms with Crippen molar-refractivity contribution in [3.8, 4) is 0 Å². The molecule has 1 N–H and O–H groups in total. The van der Waals surface area contributed by atoms with E-state index in [-0.39, 0.29) is 18.2 Å². The Morgan fingerprint density at radius 2 is 1.97 bits per heavy atom. The number of benzene rings is 2. The molecule has 1 aromatic heterocycles. The van der Waals surface area contributed by atoms with Gasteiger partial charge in [0.25, 0.3) is 5.91 Å². The summed E-state index contributed by atoms with van der Waals surface area (Å²) in [5.41, 5.74) is 0.0861. The fourth-order valence-corrected chi connectivity index (χ4v) is 3.58. The van der Waals surface area contributed by atoms with E-state index in [2.05, 4.69) is 15.3 Å². The third-order valence-electron chi connectivity index (χ3n) is 4.79. The lowest BCUT2D eigenvalue weighted by Gasteiger charge is -2.20. The molecule has 0 saturated carbocycles. The molecule has 9 heteroatoms. The number of alkyl halides is 3. The smallest absolute Gasteiger partial charge is 0.364 e. The average molecular weight is 421 g/mol. The van der Waals surface area contributed by atoms with Crippen LogP contribution in [0.3, 0.4) is 0 Å². The molecule has 5 nitrogen and oxygen atoms in total. The van der Waals surface area contributed by atoms with Gasteiger partial charge >= 0.3 is 6.18 Å². The number of rotatable bonds is 3. The van der Waals surface area contributed by atoms with Gasteiger partial charge in [0.2, 0.25) is 0 Å². The number of likely N-dealkylation sites (tertiary alicyclic amines) is 1. The summed E-state index contributed by atoms with van der Waals surface area (Å²) in [6.45, 7) is 0.644. The number of nitrogens with one attached hydrogen (secondary N) is 1. The predicted molar refractivity (Wildman–Crippen MR) is 104 cm³/mol. The summed E-state index contributed by atoms with van der Waals surface area (Å²) >= 11 is 5.94. The minimum Gasteiger partial charge on any atom is -0.364 e. The Morgan fingerprint density at radius 1 is 1.17 bits per heavy atom. The van der Waals surface area contributed by atoms with Crippen molar-refractivity contribution < 1.29 is 18.0 Å². The van der Waals surface area contributed by atoms with Crippen LogP contribution in [-0.2, 0) is 6.18 Å². The predicted octanol–water partition coefficient (Wildman–Crippen LogP) is 4.63. The van der Waals surface area contributed by atoms with E-state index < -0.39 is 17.6 Å². The van der Waals surface area contributed by atoms with E-state index in [4.69, 9.17) is 11.6 Å². The van der Waals surface area contributed by atoms with E-state index in [1.165, 1.54) is 23.1 Å². The van der Waals surface area contributed by atoms with E-state index in [0.717, 1.165) is 6.07 Å². The second kappa shape index (κ2) is 7.51. The van der Waals surface area contributed by atoms with Gasteiger partial charge in [0.05, 0.1) is 28.4 Å².